The van der Waals surface area contributed by atoms with Crippen LogP contribution >= 0.6 is 34.5 Å². The zero-order valence-corrected chi connectivity index (χ0v) is 12.9. The van der Waals surface area contributed by atoms with Crippen LogP contribution in [0.4, 0.5) is 15.6 Å². The van der Waals surface area contributed by atoms with E-state index in [1.54, 1.807) is 36.4 Å². The fraction of sp³-hybridized carbons (Fsp3) is 0. The SMILES string of the molecule is O=C(Nc1ccc(Cl)cc1)Nc1nc2cc(Cl)ccc2s1. The Hall–Kier alpha value is -1.82. The average Bonchev–Trinajstić information content (AvgIpc) is 2.82. The van der Waals surface area contributed by atoms with Gasteiger partial charge in [-0.3, -0.25) is 5.32 Å². The normalized spacial score (nSPS) is 10.6. The molecule has 0 unspecified atom stereocenters. The number of rotatable bonds is 2. The number of nitrogens with zero attached hydrogens (tertiary/aromatic N) is 1. The molecule has 0 radical (unpaired) electrons. The van der Waals surface area contributed by atoms with Gasteiger partial charge in [-0.2, -0.15) is 0 Å². The maximum absolute atomic E-state index is 11.9. The summed E-state index contributed by atoms with van der Waals surface area (Å²) in [5, 5.41) is 7.14. The van der Waals surface area contributed by atoms with Crippen molar-refractivity contribution in [3.63, 3.8) is 0 Å². The van der Waals surface area contributed by atoms with Crippen LogP contribution in [0.15, 0.2) is 42.5 Å². The fourth-order valence-electron chi connectivity index (χ4n) is 1.75. The summed E-state index contributed by atoms with van der Waals surface area (Å²) < 4.78 is 0.959. The summed E-state index contributed by atoms with van der Waals surface area (Å²) in [5.41, 5.74) is 1.41. The Bertz CT molecular complexity index is 802. The van der Waals surface area contributed by atoms with Crippen molar-refractivity contribution < 1.29 is 4.79 Å². The highest BCUT2D eigenvalue weighted by atomic mass is 35.5. The van der Waals surface area contributed by atoms with E-state index in [1.807, 2.05) is 6.07 Å². The highest BCUT2D eigenvalue weighted by molar-refractivity contribution is 7.22. The number of hydrogen-bond donors (Lipinski definition) is 2. The van der Waals surface area contributed by atoms with Gasteiger partial charge >= 0.3 is 6.03 Å². The van der Waals surface area contributed by atoms with Crippen LogP contribution in [-0.2, 0) is 0 Å². The molecule has 4 nitrogen and oxygen atoms in total. The first kappa shape index (κ1) is 14.1. The Kier molecular flexibility index (Phi) is 3.96. The molecule has 1 aromatic heterocycles. The van der Waals surface area contributed by atoms with E-state index >= 15 is 0 Å². The van der Waals surface area contributed by atoms with Crippen molar-refractivity contribution >= 4 is 61.6 Å². The van der Waals surface area contributed by atoms with E-state index in [2.05, 4.69) is 15.6 Å². The Labute approximate surface area is 134 Å². The molecule has 2 N–H and O–H groups in total. The topological polar surface area (TPSA) is 54.0 Å². The summed E-state index contributed by atoms with van der Waals surface area (Å²) in [5.74, 6) is 0. The first-order valence-corrected chi connectivity index (χ1v) is 7.57. The molecule has 0 aliphatic rings. The number of carbonyl (C=O) groups excluding carboxylic acids is 1. The van der Waals surface area contributed by atoms with Gasteiger partial charge in [-0.05, 0) is 42.5 Å². The van der Waals surface area contributed by atoms with Crippen molar-refractivity contribution in [3.8, 4) is 0 Å². The zero-order valence-electron chi connectivity index (χ0n) is 10.6. The second-order valence-electron chi connectivity index (χ2n) is 4.22. The Morgan fingerprint density at radius 3 is 2.48 bits per heavy atom. The van der Waals surface area contributed by atoms with Gasteiger partial charge in [0.15, 0.2) is 5.13 Å². The summed E-state index contributed by atoms with van der Waals surface area (Å²) in [6.07, 6.45) is 0. The van der Waals surface area contributed by atoms with Crippen LogP contribution in [-0.4, -0.2) is 11.0 Å². The van der Waals surface area contributed by atoms with Crippen molar-refractivity contribution in [2.45, 2.75) is 0 Å². The number of carbonyl (C=O) groups is 1. The van der Waals surface area contributed by atoms with Gasteiger partial charge in [-0.15, -0.1) is 0 Å². The van der Waals surface area contributed by atoms with Gasteiger partial charge < -0.3 is 5.32 Å². The van der Waals surface area contributed by atoms with Gasteiger partial charge in [-0.1, -0.05) is 34.5 Å². The van der Waals surface area contributed by atoms with Crippen molar-refractivity contribution in [1.82, 2.24) is 4.98 Å². The van der Waals surface area contributed by atoms with Crippen LogP contribution in [0.1, 0.15) is 0 Å². The molecule has 2 amide bonds. The quantitative estimate of drug-likeness (QED) is 0.671. The van der Waals surface area contributed by atoms with E-state index in [0.717, 1.165) is 10.2 Å². The maximum atomic E-state index is 11.9. The lowest BCUT2D eigenvalue weighted by Crippen LogP contribution is -2.19. The van der Waals surface area contributed by atoms with E-state index < -0.39 is 0 Å². The molecule has 106 valence electrons. The molecule has 0 saturated heterocycles. The molecule has 0 atom stereocenters. The number of hydrogen-bond acceptors (Lipinski definition) is 3. The number of nitrogens with one attached hydrogen (secondary N) is 2. The van der Waals surface area contributed by atoms with Crippen molar-refractivity contribution in [1.29, 1.82) is 0 Å². The van der Waals surface area contributed by atoms with Crippen molar-refractivity contribution in [2.24, 2.45) is 0 Å². The standard InChI is InChI=1S/C14H9Cl2N3OS/c15-8-1-4-10(5-2-8)17-13(20)19-14-18-11-7-9(16)3-6-12(11)21-14/h1-7H,(H2,17,18,19,20). The molecule has 0 fully saturated rings. The van der Waals surface area contributed by atoms with Crippen LogP contribution < -0.4 is 10.6 Å². The monoisotopic (exact) mass is 337 g/mol. The highest BCUT2D eigenvalue weighted by Crippen LogP contribution is 2.28. The molecule has 0 aliphatic heterocycles. The number of amides is 2. The molecule has 0 spiro atoms. The Balaban J connectivity index is 1.72. The van der Waals surface area contributed by atoms with Crippen LogP contribution in [0, 0.1) is 0 Å². The third kappa shape index (κ3) is 3.44. The highest BCUT2D eigenvalue weighted by Gasteiger charge is 2.08. The number of anilines is 2. The first-order chi connectivity index (χ1) is 10.1. The van der Waals surface area contributed by atoms with Crippen LogP contribution in [0.3, 0.4) is 0 Å². The maximum Gasteiger partial charge on any atom is 0.325 e. The van der Waals surface area contributed by atoms with Gasteiger partial charge in [0.1, 0.15) is 0 Å². The second kappa shape index (κ2) is 5.89. The average molecular weight is 338 g/mol. The lowest BCUT2D eigenvalue weighted by atomic mass is 10.3. The van der Waals surface area contributed by atoms with Gasteiger partial charge in [0.25, 0.3) is 0 Å². The molecule has 0 aliphatic carbocycles. The minimum atomic E-state index is -0.359. The molecule has 7 heteroatoms. The largest absolute Gasteiger partial charge is 0.325 e. The lowest BCUT2D eigenvalue weighted by Gasteiger charge is -2.04. The molecule has 21 heavy (non-hydrogen) atoms. The third-order valence-electron chi connectivity index (χ3n) is 2.67. The summed E-state index contributed by atoms with van der Waals surface area (Å²) in [4.78, 5) is 16.2. The van der Waals surface area contributed by atoms with E-state index in [1.165, 1.54) is 11.3 Å². The lowest BCUT2D eigenvalue weighted by molar-refractivity contribution is 0.262. The third-order valence-corrected chi connectivity index (χ3v) is 4.11. The minimum Gasteiger partial charge on any atom is -0.308 e. The van der Waals surface area contributed by atoms with Gasteiger partial charge in [-0.25, -0.2) is 9.78 Å². The molecule has 3 rings (SSSR count). The van der Waals surface area contributed by atoms with Crippen molar-refractivity contribution in [2.75, 3.05) is 10.6 Å². The second-order valence-corrected chi connectivity index (χ2v) is 6.12. The molecule has 0 bridgehead atoms. The number of benzene rings is 2. The fourth-order valence-corrected chi connectivity index (χ4v) is 2.88. The van der Waals surface area contributed by atoms with Crippen LogP contribution in [0.2, 0.25) is 10.0 Å². The molecular formula is C14H9Cl2N3OS. The predicted molar refractivity (Wildman–Crippen MR) is 88.7 cm³/mol. The van der Waals surface area contributed by atoms with E-state index in [-0.39, 0.29) is 6.03 Å². The summed E-state index contributed by atoms with van der Waals surface area (Å²) in [6.45, 7) is 0. The number of halogens is 2. The molecule has 1 heterocycles. The Morgan fingerprint density at radius 1 is 1.00 bits per heavy atom. The smallest absolute Gasteiger partial charge is 0.308 e. The van der Waals surface area contributed by atoms with E-state index in [0.29, 0.717) is 20.9 Å². The summed E-state index contributed by atoms with van der Waals surface area (Å²) in [7, 11) is 0. The van der Waals surface area contributed by atoms with Gasteiger partial charge in [0.05, 0.1) is 10.2 Å². The van der Waals surface area contributed by atoms with E-state index in [4.69, 9.17) is 23.2 Å². The first-order valence-electron chi connectivity index (χ1n) is 6.00. The minimum absolute atomic E-state index is 0.359. The molecule has 2 aromatic carbocycles. The summed E-state index contributed by atoms with van der Waals surface area (Å²) in [6, 6.07) is 11.9. The molecule has 0 saturated carbocycles. The van der Waals surface area contributed by atoms with E-state index in [9.17, 15) is 4.79 Å². The van der Waals surface area contributed by atoms with Crippen LogP contribution in [0.5, 0.6) is 0 Å². The van der Waals surface area contributed by atoms with Crippen molar-refractivity contribution in [3.05, 3.63) is 52.5 Å². The van der Waals surface area contributed by atoms with Crippen LogP contribution in [0.25, 0.3) is 10.2 Å². The molecule has 3 aromatic rings. The number of aromatic nitrogens is 1. The zero-order chi connectivity index (χ0) is 14.8. The Morgan fingerprint density at radius 2 is 1.71 bits per heavy atom. The number of fused-ring (bicyclic) bond motifs is 1. The van der Waals surface area contributed by atoms with Gasteiger partial charge in [0, 0.05) is 15.7 Å². The number of urea groups is 1. The van der Waals surface area contributed by atoms with Gasteiger partial charge in [0.2, 0.25) is 0 Å². The predicted octanol–water partition coefficient (Wildman–Crippen LogP) is 5.25. The summed E-state index contributed by atoms with van der Waals surface area (Å²) >= 11 is 13.1. The molecular weight excluding hydrogens is 329 g/mol. The number of thiazole rings is 1.